The Morgan fingerprint density at radius 3 is 1.69 bits per heavy atom. The van der Waals surface area contributed by atoms with Gasteiger partial charge in [-0.1, -0.05) is 25.7 Å². The van der Waals surface area contributed by atoms with Crippen LogP contribution in [0, 0.1) is 0 Å². The minimum Gasteiger partial charge on any atom is -0.244 e. The van der Waals surface area contributed by atoms with Crippen molar-refractivity contribution < 1.29 is 4.59 Å². The number of rotatable bonds is 2. The zero-order valence-corrected chi connectivity index (χ0v) is 11.8. The fourth-order valence-electron chi connectivity index (χ4n) is 2.95. The van der Waals surface area contributed by atoms with Gasteiger partial charge in [0, 0.05) is 12.8 Å². The maximum atomic E-state index is 6.58. The van der Waals surface area contributed by atoms with Gasteiger partial charge in [0.15, 0.2) is 0 Å². The third kappa shape index (κ3) is 2.98. The van der Waals surface area contributed by atoms with Gasteiger partial charge in [0.2, 0.25) is 0 Å². The van der Waals surface area contributed by atoms with Gasteiger partial charge in [-0.05, 0) is 33.6 Å². The van der Waals surface area contributed by atoms with Crippen LogP contribution in [0.4, 0.5) is 0 Å². The smallest absolute Gasteiger partial charge is 0.114 e. The van der Waals surface area contributed by atoms with Crippen molar-refractivity contribution in [3.63, 3.8) is 0 Å². The van der Waals surface area contributed by atoms with E-state index in [2.05, 4.69) is 27.8 Å². The first-order valence-electron chi connectivity index (χ1n) is 7.05. The highest BCUT2D eigenvalue weighted by Crippen LogP contribution is 2.34. The van der Waals surface area contributed by atoms with E-state index in [0.717, 1.165) is 0 Å². The summed E-state index contributed by atoms with van der Waals surface area (Å²) < 4.78 is 0.688. The summed E-state index contributed by atoms with van der Waals surface area (Å²) in [7, 11) is 2.21. The van der Waals surface area contributed by atoms with Gasteiger partial charge in [0.1, 0.15) is 11.6 Å². The summed E-state index contributed by atoms with van der Waals surface area (Å²) in [6, 6.07) is 0.505. The molecule has 1 aliphatic carbocycles. The minimum atomic E-state index is 0.276. The molecular weight excluding hydrogens is 196 g/mol. The molecule has 0 aromatic rings. The Labute approximate surface area is 102 Å². The molecule has 2 nitrogen and oxygen atoms in total. The van der Waals surface area contributed by atoms with Crippen LogP contribution in [0.3, 0.4) is 0 Å². The molecule has 1 fully saturated rings. The Bertz CT molecular complexity index is 199. The molecule has 16 heavy (non-hydrogen) atoms. The van der Waals surface area contributed by atoms with Crippen LogP contribution < -0.4 is 5.84 Å². The molecule has 2 N–H and O–H groups in total. The van der Waals surface area contributed by atoms with Crippen molar-refractivity contribution in [1.82, 2.24) is 0 Å². The van der Waals surface area contributed by atoms with E-state index in [1.165, 1.54) is 51.4 Å². The first kappa shape index (κ1) is 14.0. The molecule has 1 saturated carbocycles. The average Bonchev–Trinajstić information content (AvgIpc) is 2.31. The van der Waals surface area contributed by atoms with Gasteiger partial charge < -0.3 is 0 Å². The van der Waals surface area contributed by atoms with E-state index in [1.54, 1.807) is 0 Å². The molecule has 1 rings (SSSR count). The molecule has 0 spiro atoms. The first-order chi connectivity index (χ1) is 7.40. The topological polar surface area (TPSA) is 26.0 Å². The number of quaternary nitrogens is 1. The zero-order valence-electron chi connectivity index (χ0n) is 11.8. The van der Waals surface area contributed by atoms with Crippen molar-refractivity contribution in [2.24, 2.45) is 5.84 Å². The van der Waals surface area contributed by atoms with E-state index in [4.69, 9.17) is 5.84 Å². The highest BCUT2D eigenvalue weighted by Gasteiger charge is 2.43. The van der Waals surface area contributed by atoms with Crippen LogP contribution in [-0.2, 0) is 0 Å². The van der Waals surface area contributed by atoms with Crippen molar-refractivity contribution >= 4 is 0 Å². The second kappa shape index (κ2) is 5.50. The number of nitrogens with zero attached hydrogens (tertiary/aromatic N) is 1. The van der Waals surface area contributed by atoms with Gasteiger partial charge in [0.05, 0.1) is 7.05 Å². The van der Waals surface area contributed by atoms with Crippen molar-refractivity contribution in [2.75, 3.05) is 7.05 Å². The van der Waals surface area contributed by atoms with Crippen LogP contribution in [0.1, 0.15) is 72.1 Å². The molecule has 0 bridgehead atoms. The van der Waals surface area contributed by atoms with E-state index in [1.807, 2.05) is 0 Å². The number of hydrogen-bond donors (Lipinski definition) is 1. The van der Waals surface area contributed by atoms with Crippen LogP contribution in [0.25, 0.3) is 0 Å². The minimum absolute atomic E-state index is 0.276. The summed E-state index contributed by atoms with van der Waals surface area (Å²) in [5, 5.41) is 0. The molecule has 2 heteroatoms. The Morgan fingerprint density at radius 2 is 1.31 bits per heavy atom. The monoisotopic (exact) mass is 227 g/mol. The van der Waals surface area contributed by atoms with E-state index >= 15 is 0 Å². The molecule has 1 atom stereocenters. The third-order valence-corrected chi connectivity index (χ3v) is 4.92. The lowest BCUT2D eigenvalue weighted by Gasteiger charge is -2.48. The van der Waals surface area contributed by atoms with E-state index in [9.17, 15) is 0 Å². The van der Waals surface area contributed by atoms with Gasteiger partial charge in [0.25, 0.3) is 0 Å². The summed E-state index contributed by atoms with van der Waals surface area (Å²) in [6.07, 6.45) is 10.9. The van der Waals surface area contributed by atoms with Crippen molar-refractivity contribution in [2.45, 2.75) is 83.7 Å². The lowest BCUT2D eigenvalue weighted by Crippen LogP contribution is -2.68. The van der Waals surface area contributed by atoms with Crippen LogP contribution in [0.2, 0.25) is 0 Å². The SMILES string of the molecule is CC(C)[N+](C)(N)C1(C)CCCCCCCC1. The fraction of sp³-hybridized carbons (Fsp3) is 1.00. The van der Waals surface area contributed by atoms with Crippen LogP contribution in [-0.4, -0.2) is 23.2 Å². The molecule has 0 aromatic heterocycles. The normalized spacial score (nSPS) is 26.6. The largest absolute Gasteiger partial charge is 0.244 e. The third-order valence-electron chi connectivity index (χ3n) is 4.92. The summed E-state index contributed by atoms with van der Waals surface area (Å²) >= 11 is 0. The quantitative estimate of drug-likeness (QED) is 0.435. The molecule has 0 aliphatic heterocycles. The van der Waals surface area contributed by atoms with Crippen LogP contribution >= 0.6 is 0 Å². The standard InChI is InChI=1S/C14H31N2/c1-13(2)16(4,15)14(3)11-9-7-5-6-8-10-12-14/h13H,5-12,15H2,1-4H3/q+1. The van der Waals surface area contributed by atoms with Gasteiger partial charge in [-0.3, -0.25) is 0 Å². The second-order valence-electron chi connectivity index (χ2n) is 6.36. The second-order valence-corrected chi connectivity index (χ2v) is 6.36. The van der Waals surface area contributed by atoms with Gasteiger partial charge in [-0.15, -0.1) is 0 Å². The number of hydrogen-bond acceptors (Lipinski definition) is 1. The fourth-order valence-corrected chi connectivity index (χ4v) is 2.95. The molecule has 1 unspecified atom stereocenters. The van der Waals surface area contributed by atoms with Gasteiger partial charge >= 0.3 is 0 Å². The average molecular weight is 227 g/mol. The predicted octanol–water partition coefficient (Wildman–Crippen LogP) is 3.61. The Kier molecular flexibility index (Phi) is 4.81. The first-order valence-corrected chi connectivity index (χ1v) is 7.05. The van der Waals surface area contributed by atoms with E-state index in [-0.39, 0.29) is 5.54 Å². The maximum absolute atomic E-state index is 6.58. The summed E-state index contributed by atoms with van der Waals surface area (Å²) in [4.78, 5) is 0. The summed E-state index contributed by atoms with van der Waals surface area (Å²) in [5.41, 5.74) is 0.276. The maximum Gasteiger partial charge on any atom is 0.114 e. The Hall–Kier alpha value is -0.0800. The summed E-state index contributed by atoms with van der Waals surface area (Å²) in [5.74, 6) is 6.58. The number of nitrogens with two attached hydrogens (primary N) is 1. The molecule has 0 saturated heterocycles. The molecule has 96 valence electrons. The molecule has 1 aliphatic rings. The molecular formula is C14H31N2+. The zero-order chi connectivity index (χ0) is 12.2. The van der Waals surface area contributed by atoms with Crippen molar-refractivity contribution in [3.8, 4) is 0 Å². The summed E-state index contributed by atoms with van der Waals surface area (Å²) in [6.45, 7) is 6.90. The highest BCUT2D eigenvalue weighted by molar-refractivity contribution is 4.77. The molecule has 0 radical (unpaired) electrons. The highest BCUT2D eigenvalue weighted by atomic mass is 15.6. The Morgan fingerprint density at radius 1 is 0.938 bits per heavy atom. The lowest BCUT2D eigenvalue weighted by molar-refractivity contribution is -0.988. The van der Waals surface area contributed by atoms with Crippen LogP contribution in [0.5, 0.6) is 0 Å². The molecule has 0 amide bonds. The van der Waals surface area contributed by atoms with E-state index < -0.39 is 0 Å². The molecule has 0 aromatic carbocycles. The van der Waals surface area contributed by atoms with Crippen LogP contribution in [0.15, 0.2) is 0 Å². The van der Waals surface area contributed by atoms with Crippen molar-refractivity contribution in [1.29, 1.82) is 0 Å². The predicted molar refractivity (Wildman–Crippen MR) is 70.8 cm³/mol. The molecule has 0 heterocycles. The Balaban J connectivity index is 2.76. The van der Waals surface area contributed by atoms with Gasteiger partial charge in [-0.25, -0.2) is 4.59 Å². The lowest BCUT2D eigenvalue weighted by atomic mass is 9.86. The van der Waals surface area contributed by atoms with E-state index in [0.29, 0.717) is 10.6 Å². The van der Waals surface area contributed by atoms with Crippen molar-refractivity contribution in [3.05, 3.63) is 0 Å². The van der Waals surface area contributed by atoms with Gasteiger partial charge in [-0.2, -0.15) is 5.84 Å².